The Morgan fingerprint density at radius 1 is 1.43 bits per heavy atom. The van der Waals surface area contributed by atoms with E-state index in [1.165, 1.54) is 12.5 Å². The molecule has 106 valence electrons. The molecule has 3 N–H and O–H groups in total. The average Bonchev–Trinajstić information content (AvgIpc) is 3.00. The molecular formula is C13H11ClN6O. The summed E-state index contributed by atoms with van der Waals surface area (Å²) in [5, 5.41) is 21.1. The van der Waals surface area contributed by atoms with Gasteiger partial charge in [-0.05, 0) is 17.7 Å². The van der Waals surface area contributed by atoms with E-state index in [9.17, 15) is 4.79 Å². The highest BCUT2D eigenvalue weighted by Gasteiger charge is 2.08. The first-order valence-corrected chi connectivity index (χ1v) is 6.31. The topological polar surface area (TPSA) is 106 Å². The number of anilines is 1. The van der Waals surface area contributed by atoms with Crippen LogP contribution in [0.25, 0.3) is 0 Å². The van der Waals surface area contributed by atoms with Crippen molar-refractivity contribution in [3.8, 4) is 6.07 Å². The van der Waals surface area contributed by atoms with Crippen molar-refractivity contribution in [2.24, 2.45) is 0 Å². The first kappa shape index (κ1) is 14.6. The van der Waals surface area contributed by atoms with Crippen LogP contribution in [0.1, 0.15) is 5.56 Å². The molecule has 2 aromatic rings. The SMILES string of the molecule is N#C/C(=C/Nc1ncn[nH]1)C(=O)NCc1ccc(Cl)cc1. The number of aromatic nitrogens is 3. The van der Waals surface area contributed by atoms with E-state index in [1.54, 1.807) is 24.3 Å². The van der Waals surface area contributed by atoms with E-state index < -0.39 is 5.91 Å². The van der Waals surface area contributed by atoms with Crippen molar-refractivity contribution in [2.75, 3.05) is 5.32 Å². The van der Waals surface area contributed by atoms with E-state index in [-0.39, 0.29) is 5.57 Å². The molecule has 1 aromatic carbocycles. The Labute approximate surface area is 125 Å². The molecule has 8 heteroatoms. The molecule has 0 fully saturated rings. The molecular weight excluding hydrogens is 292 g/mol. The number of benzene rings is 1. The van der Waals surface area contributed by atoms with Crippen LogP contribution in [0, 0.1) is 11.3 Å². The molecule has 7 nitrogen and oxygen atoms in total. The number of nitrogens with zero attached hydrogens (tertiary/aromatic N) is 3. The van der Waals surface area contributed by atoms with Crippen LogP contribution in [0.2, 0.25) is 5.02 Å². The highest BCUT2D eigenvalue weighted by Crippen LogP contribution is 2.09. The lowest BCUT2D eigenvalue weighted by molar-refractivity contribution is -0.117. The van der Waals surface area contributed by atoms with Crippen molar-refractivity contribution in [3.63, 3.8) is 0 Å². The molecule has 0 bridgehead atoms. The molecule has 2 rings (SSSR count). The summed E-state index contributed by atoms with van der Waals surface area (Å²) in [5.41, 5.74) is 0.814. The van der Waals surface area contributed by atoms with Gasteiger partial charge < -0.3 is 10.6 Å². The summed E-state index contributed by atoms with van der Waals surface area (Å²) in [7, 11) is 0. The number of nitrogens with one attached hydrogen (secondary N) is 3. The summed E-state index contributed by atoms with van der Waals surface area (Å²) in [6.07, 6.45) is 2.57. The van der Waals surface area contributed by atoms with Crippen molar-refractivity contribution in [2.45, 2.75) is 6.54 Å². The number of rotatable bonds is 5. The molecule has 0 atom stereocenters. The monoisotopic (exact) mass is 302 g/mol. The predicted octanol–water partition coefficient (Wildman–Crippen LogP) is 1.59. The van der Waals surface area contributed by atoms with Gasteiger partial charge in [0.15, 0.2) is 0 Å². The summed E-state index contributed by atoms with van der Waals surface area (Å²) < 4.78 is 0. The Hall–Kier alpha value is -2.85. The van der Waals surface area contributed by atoms with Crippen LogP contribution >= 0.6 is 11.6 Å². The number of hydrogen-bond donors (Lipinski definition) is 3. The van der Waals surface area contributed by atoms with E-state index in [0.717, 1.165) is 5.56 Å². The number of amides is 1. The van der Waals surface area contributed by atoms with Gasteiger partial charge in [-0.1, -0.05) is 23.7 Å². The maximum Gasteiger partial charge on any atom is 0.263 e. The van der Waals surface area contributed by atoms with Gasteiger partial charge in [-0.25, -0.2) is 5.10 Å². The Morgan fingerprint density at radius 3 is 2.81 bits per heavy atom. The summed E-state index contributed by atoms with van der Waals surface area (Å²) in [6.45, 7) is 0.303. The normalized spacial score (nSPS) is 10.8. The number of carbonyl (C=O) groups is 1. The van der Waals surface area contributed by atoms with Crippen LogP contribution < -0.4 is 10.6 Å². The van der Waals surface area contributed by atoms with E-state index in [0.29, 0.717) is 17.5 Å². The third-order valence-corrected chi connectivity index (χ3v) is 2.75. The molecule has 0 saturated carbocycles. The summed E-state index contributed by atoms with van der Waals surface area (Å²) in [4.78, 5) is 15.7. The molecule has 0 aliphatic carbocycles. The molecule has 21 heavy (non-hydrogen) atoms. The molecule has 1 heterocycles. The lowest BCUT2D eigenvalue weighted by atomic mass is 10.2. The maximum absolute atomic E-state index is 11.9. The fraction of sp³-hybridized carbons (Fsp3) is 0.0769. The molecule has 0 saturated heterocycles. The molecule has 1 amide bonds. The predicted molar refractivity (Wildman–Crippen MR) is 77.0 cm³/mol. The average molecular weight is 303 g/mol. The van der Waals surface area contributed by atoms with Gasteiger partial charge >= 0.3 is 0 Å². The minimum atomic E-state index is -0.487. The van der Waals surface area contributed by atoms with Crippen LogP contribution in [0.5, 0.6) is 0 Å². The highest BCUT2D eigenvalue weighted by molar-refractivity contribution is 6.30. The van der Waals surface area contributed by atoms with Crippen LogP contribution in [-0.2, 0) is 11.3 Å². The fourth-order valence-corrected chi connectivity index (χ4v) is 1.57. The van der Waals surface area contributed by atoms with Gasteiger partial charge in [0.2, 0.25) is 5.95 Å². The second kappa shape index (κ2) is 7.07. The minimum Gasteiger partial charge on any atom is -0.347 e. The third-order valence-electron chi connectivity index (χ3n) is 2.50. The van der Waals surface area contributed by atoms with Gasteiger partial charge in [-0.2, -0.15) is 15.3 Å². The number of nitriles is 1. The summed E-state index contributed by atoms with van der Waals surface area (Å²) >= 11 is 5.78. The standard InChI is InChI=1S/C13H11ClN6O/c14-11-3-1-9(2-4-11)6-16-12(21)10(5-15)7-17-13-18-8-19-20-13/h1-4,7-8H,6H2,(H,16,21)(H2,17,18,19,20)/b10-7-. The lowest BCUT2D eigenvalue weighted by Crippen LogP contribution is -2.24. The zero-order valence-corrected chi connectivity index (χ0v) is 11.6. The van der Waals surface area contributed by atoms with Gasteiger partial charge in [0.05, 0.1) is 0 Å². The van der Waals surface area contributed by atoms with E-state index in [1.807, 2.05) is 6.07 Å². The van der Waals surface area contributed by atoms with Crippen LogP contribution in [0.15, 0.2) is 42.4 Å². The first-order valence-electron chi connectivity index (χ1n) is 5.94. The van der Waals surface area contributed by atoms with E-state index in [2.05, 4.69) is 25.8 Å². The highest BCUT2D eigenvalue weighted by atomic mass is 35.5. The third kappa shape index (κ3) is 4.33. The van der Waals surface area contributed by atoms with Crippen molar-refractivity contribution in [1.82, 2.24) is 20.5 Å². The van der Waals surface area contributed by atoms with Gasteiger partial charge in [-0.3, -0.25) is 4.79 Å². The van der Waals surface area contributed by atoms with E-state index >= 15 is 0 Å². The minimum absolute atomic E-state index is 0.0691. The van der Waals surface area contributed by atoms with Crippen molar-refractivity contribution in [1.29, 1.82) is 5.26 Å². The Balaban J connectivity index is 1.92. The molecule has 0 aliphatic heterocycles. The first-order chi connectivity index (χ1) is 10.2. The van der Waals surface area contributed by atoms with Gasteiger partial charge in [0, 0.05) is 17.8 Å². The quantitative estimate of drug-likeness (QED) is 0.574. The Bertz CT molecular complexity index is 672. The zero-order valence-electron chi connectivity index (χ0n) is 10.8. The molecule has 0 radical (unpaired) electrons. The van der Waals surface area contributed by atoms with Crippen LogP contribution in [0.4, 0.5) is 5.95 Å². The summed E-state index contributed by atoms with van der Waals surface area (Å²) in [6, 6.07) is 8.87. The molecule has 0 spiro atoms. The maximum atomic E-state index is 11.9. The van der Waals surface area contributed by atoms with Crippen LogP contribution in [-0.4, -0.2) is 21.1 Å². The van der Waals surface area contributed by atoms with Gasteiger partial charge in [0.25, 0.3) is 5.91 Å². The van der Waals surface area contributed by atoms with Gasteiger partial charge in [-0.15, -0.1) is 0 Å². The lowest BCUT2D eigenvalue weighted by Gasteiger charge is -2.04. The van der Waals surface area contributed by atoms with E-state index in [4.69, 9.17) is 16.9 Å². The van der Waals surface area contributed by atoms with Gasteiger partial charge in [0.1, 0.15) is 18.0 Å². The fourth-order valence-electron chi connectivity index (χ4n) is 1.44. The van der Waals surface area contributed by atoms with Crippen LogP contribution in [0.3, 0.4) is 0 Å². The second-order valence-electron chi connectivity index (χ2n) is 3.96. The number of halogens is 1. The van der Waals surface area contributed by atoms with Crippen molar-refractivity contribution >= 4 is 23.5 Å². The van der Waals surface area contributed by atoms with Crippen molar-refractivity contribution in [3.05, 3.63) is 53.0 Å². The van der Waals surface area contributed by atoms with Crippen molar-refractivity contribution < 1.29 is 4.79 Å². The number of hydrogen-bond acceptors (Lipinski definition) is 5. The number of aromatic amines is 1. The molecule has 0 unspecified atom stereocenters. The molecule has 1 aromatic heterocycles. The second-order valence-corrected chi connectivity index (χ2v) is 4.39. The number of carbonyl (C=O) groups excluding carboxylic acids is 1. The Kier molecular flexibility index (Phi) is 4.90. The molecule has 0 aliphatic rings. The Morgan fingerprint density at radius 2 is 2.19 bits per heavy atom. The number of H-pyrrole nitrogens is 1. The smallest absolute Gasteiger partial charge is 0.263 e. The zero-order chi connectivity index (χ0) is 15.1. The largest absolute Gasteiger partial charge is 0.347 e. The summed E-state index contributed by atoms with van der Waals surface area (Å²) in [5.74, 6) is -0.146.